The first-order chi connectivity index (χ1) is 9.66. The van der Waals surface area contributed by atoms with Gasteiger partial charge in [0.15, 0.2) is 0 Å². The van der Waals surface area contributed by atoms with Gasteiger partial charge < -0.3 is 5.11 Å². The molecule has 0 amide bonds. The number of hydrogen-bond donors (Lipinski definition) is 1. The van der Waals surface area contributed by atoms with Gasteiger partial charge in [0, 0.05) is 0 Å². The van der Waals surface area contributed by atoms with Crippen molar-refractivity contribution in [1.29, 1.82) is 0 Å². The van der Waals surface area contributed by atoms with Gasteiger partial charge in [0.1, 0.15) is 5.76 Å². The number of aliphatic hydroxyl groups excluding tert-OH is 1. The molecule has 0 aromatic heterocycles. The topological polar surface area (TPSA) is 20.2 Å². The molecule has 1 rings (SSSR count). The maximum atomic E-state index is 9.36. The molecular formula is C19H34O. The number of aliphatic hydroxyl groups is 1. The molecule has 1 heteroatoms. The van der Waals surface area contributed by atoms with Gasteiger partial charge in [0.25, 0.3) is 0 Å². The summed E-state index contributed by atoms with van der Waals surface area (Å²) in [5.74, 6) is 0.436. The third kappa shape index (κ3) is 7.77. The minimum Gasteiger partial charge on any atom is -0.508 e. The summed E-state index contributed by atoms with van der Waals surface area (Å²) in [6, 6.07) is 0. The van der Waals surface area contributed by atoms with Crippen LogP contribution < -0.4 is 0 Å². The van der Waals surface area contributed by atoms with E-state index in [9.17, 15) is 5.11 Å². The van der Waals surface area contributed by atoms with E-state index in [1.165, 1.54) is 70.6 Å². The van der Waals surface area contributed by atoms with E-state index in [0.717, 1.165) is 6.42 Å². The van der Waals surface area contributed by atoms with Crippen LogP contribution in [0, 0.1) is 5.41 Å². The Morgan fingerprint density at radius 1 is 0.950 bits per heavy atom. The monoisotopic (exact) mass is 278 g/mol. The Labute approximate surface area is 126 Å². The predicted octanol–water partition coefficient (Wildman–Crippen LogP) is 6.71. The summed E-state index contributed by atoms with van der Waals surface area (Å²) in [4.78, 5) is 0. The Morgan fingerprint density at radius 2 is 1.50 bits per heavy atom. The molecule has 1 atom stereocenters. The fourth-order valence-corrected chi connectivity index (χ4v) is 2.96. The second-order valence-electron chi connectivity index (χ2n) is 6.75. The van der Waals surface area contributed by atoms with E-state index in [0.29, 0.717) is 5.76 Å². The molecule has 0 aromatic carbocycles. The van der Waals surface area contributed by atoms with Crippen molar-refractivity contribution in [3.05, 3.63) is 24.0 Å². The van der Waals surface area contributed by atoms with E-state index >= 15 is 0 Å². The SMILES string of the molecule is CCCCCCCCCCCCC1(C)C=CC(O)=CC1. The Balaban J connectivity index is 1.91. The summed E-state index contributed by atoms with van der Waals surface area (Å²) in [7, 11) is 0. The lowest BCUT2D eigenvalue weighted by atomic mass is 9.79. The zero-order valence-corrected chi connectivity index (χ0v) is 13.7. The van der Waals surface area contributed by atoms with Crippen LogP contribution >= 0.6 is 0 Å². The maximum Gasteiger partial charge on any atom is 0.111 e. The molecular weight excluding hydrogens is 244 g/mol. The van der Waals surface area contributed by atoms with E-state index in [1.54, 1.807) is 0 Å². The van der Waals surface area contributed by atoms with Crippen LogP contribution in [0.5, 0.6) is 0 Å². The number of rotatable bonds is 11. The molecule has 1 N–H and O–H groups in total. The molecule has 0 bridgehead atoms. The van der Waals surface area contributed by atoms with E-state index in [4.69, 9.17) is 0 Å². The third-order valence-electron chi connectivity index (χ3n) is 4.54. The summed E-state index contributed by atoms with van der Waals surface area (Å²) in [5, 5.41) is 9.36. The van der Waals surface area contributed by atoms with Crippen LogP contribution in [0.3, 0.4) is 0 Å². The summed E-state index contributed by atoms with van der Waals surface area (Å²) in [6.07, 6.45) is 22.3. The largest absolute Gasteiger partial charge is 0.508 e. The first kappa shape index (κ1) is 17.3. The van der Waals surface area contributed by atoms with Crippen LogP contribution in [0.2, 0.25) is 0 Å². The summed E-state index contributed by atoms with van der Waals surface area (Å²) in [6.45, 7) is 4.58. The highest BCUT2D eigenvalue weighted by atomic mass is 16.3. The fourth-order valence-electron chi connectivity index (χ4n) is 2.96. The molecule has 0 saturated heterocycles. The van der Waals surface area contributed by atoms with Gasteiger partial charge in [-0.05, 0) is 30.4 Å². The number of allylic oxidation sites excluding steroid dienone is 3. The van der Waals surface area contributed by atoms with E-state index < -0.39 is 0 Å². The molecule has 0 aromatic rings. The van der Waals surface area contributed by atoms with Crippen LogP contribution in [0.4, 0.5) is 0 Å². The van der Waals surface area contributed by atoms with E-state index in [1.807, 2.05) is 12.2 Å². The molecule has 0 radical (unpaired) electrons. The molecule has 20 heavy (non-hydrogen) atoms. The van der Waals surface area contributed by atoms with E-state index in [2.05, 4.69) is 19.9 Å². The lowest BCUT2D eigenvalue weighted by molar-refractivity contribution is 0.348. The van der Waals surface area contributed by atoms with Crippen molar-refractivity contribution in [3.63, 3.8) is 0 Å². The van der Waals surface area contributed by atoms with Gasteiger partial charge in [0.05, 0.1) is 0 Å². The van der Waals surface area contributed by atoms with Crippen LogP contribution in [-0.4, -0.2) is 5.11 Å². The second-order valence-corrected chi connectivity index (χ2v) is 6.75. The molecule has 1 nitrogen and oxygen atoms in total. The van der Waals surface area contributed by atoms with Crippen molar-refractivity contribution >= 4 is 0 Å². The van der Waals surface area contributed by atoms with Crippen molar-refractivity contribution in [2.45, 2.75) is 90.9 Å². The normalized spacial score (nSPS) is 22.0. The highest BCUT2D eigenvalue weighted by Gasteiger charge is 2.21. The van der Waals surface area contributed by atoms with Crippen LogP contribution in [0.1, 0.15) is 90.9 Å². The summed E-state index contributed by atoms with van der Waals surface area (Å²) < 4.78 is 0. The molecule has 1 unspecified atom stereocenters. The van der Waals surface area contributed by atoms with Crippen molar-refractivity contribution < 1.29 is 5.11 Å². The first-order valence-electron chi connectivity index (χ1n) is 8.75. The molecule has 116 valence electrons. The summed E-state index contributed by atoms with van der Waals surface area (Å²) >= 11 is 0. The van der Waals surface area contributed by atoms with Crippen molar-refractivity contribution in [2.24, 2.45) is 5.41 Å². The number of unbranched alkanes of at least 4 members (excludes halogenated alkanes) is 9. The highest BCUT2D eigenvalue weighted by Crippen LogP contribution is 2.34. The van der Waals surface area contributed by atoms with Gasteiger partial charge in [-0.2, -0.15) is 0 Å². The second kappa shape index (κ2) is 10.1. The molecule has 0 heterocycles. The van der Waals surface area contributed by atoms with Crippen LogP contribution in [0.15, 0.2) is 24.0 Å². The van der Waals surface area contributed by atoms with Gasteiger partial charge >= 0.3 is 0 Å². The van der Waals surface area contributed by atoms with Crippen molar-refractivity contribution in [1.82, 2.24) is 0 Å². The standard InChI is InChI=1S/C19H34O/c1-3-4-5-6-7-8-9-10-11-12-15-19(2)16-13-18(20)14-17-19/h13-14,16,20H,3-12,15,17H2,1-2H3. The highest BCUT2D eigenvalue weighted by molar-refractivity contribution is 5.20. The minimum atomic E-state index is 0.284. The third-order valence-corrected chi connectivity index (χ3v) is 4.54. The average molecular weight is 278 g/mol. The van der Waals surface area contributed by atoms with Gasteiger partial charge in [0.2, 0.25) is 0 Å². The zero-order valence-electron chi connectivity index (χ0n) is 13.7. The first-order valence-corrected chi connectivity index (χ1v) is 8.75. The predicted molar refractivity (Wildman–Crippen MR) is 89.0 cm³/mol. The molecule has 0 spiro atoms. The van der Waals surface area contributed by atoms with Gasteiger partial charge in [-0.15, -0.1) is 0 Å². The van der Waals surface area contributed by atoms with Crippen LogP contribution in [0.25, 0.3) is 0 Å². The Bertz CT molecular complexity index is 303. The van der Waals surface area contributed by atoms with Crippen molar-refractivity contribution in [2.75, 3.05) is 0 Å². The summed E-state index contributed by atoms with van der Waals surface area (Å²) in [5.41, 5.74) is 0.284. The van der Waals surface area contributed by atoms with E-state index in [-0.39, 0.29) is 5.41 Å². The molecule has 0 fully saturated rings. The van der Waals surface area contributed by atoms with Gasteiger partial charge in [-0.25, -0.2) is 0 Å². The lowest BCUT2D eigenvalue weighted by Gasteiger charge is -2.27. The lowest BCUT2D eigenvalue weighted by Crippen LogP contribution is -2.14. The average Bonchev–Trinajstić information content (AvgIpc) is 2.45. The molecule has 0 saturated carbocycles. The Morgan fingerprint density at radius 3 is 2.00 bits per heavy atom. The molecule has 1 aliphatic rings. The van der Waals surface area contributed by atoms with Gasteiger partial charge in [-0.3, -0.25) is 0 Å². The Kier molecular flexibility index (Phi) is 8.73. The molecule has 0 aliphatic heterocycles. The number of hydrogen-bond acceptors (Lipinski definition) is 1. The van der Waals surface area contributed by atoms with Crippen molar-refractivity contribution in [3.8, 4) is 0 Å². The molecule has 1 aliphatic carbocycles. The Hall–Kier alpha value is -0.720. The zero-order chi connectivity index (χ0) is 14.7. The quantitative estimate of drug-likeness (QED) is 0.417. The minimum absolute atomic E-state index is 0.284. The van der Waals surface area contributed by atoms with Crippen LogP contribution in [-0.2, 0) is 0 Å². The maximum absolute atomic E-state index is 9.36. The van der Waals surface area contributed by atoms with Gasteiger partial charge in [-0.1, -0.05) is 84.1 Å². The smallest absolute Gasteiger partial charge is 0.111 e. The fraction of sp³-hybridized carbons (Fsp3) is 0.789.